The van der Waals surface area contributed by atoms with Crippen LogP contribution >= 0.6 is 11.6 Å². The Balaban J connectivity index is 1.38. The molecule has 0 amide bonds. The standard InChI is InChI=1S/C33H33ClN2O3/c1-22-8-17-31(24-9-13-27(34)14-10-24)26(18-22)21-39-30-15-11-25(12-16-30)32-35-28(19-23(2)33(37)38)20-36(32)29-6-4-3-5-7-29/h8-20,29H,3-7,21H2,1-2H3,(H,37,38)/b23-19+. The van der Waals surface area contributed by atoms with Gasteiger partial charge in [-0.25, -0.2) is 9.78 Å². The van der Waals surface area contributed by atoms with E-state index < -0.39 is 5.97 Å². The van der Waals surface area contributed by atoms with Crippen LogP contribution in [0.4, 0.5) is 0 Å². The summed E-state index contributed by atoms with van der Waals surface area (Å²) in [5, 5.41) is 10.1. The lowest BCUT2D eigenvalue weighted by Crippen LogP contribution is -2.13. The molecule has 1 aromatic heterocycles. The van der Waals surface area contributed by atoms with Crippen LogP contribution in [0.3, 0.4) is 0 Å². The number of carboxylic acids is 1. The molecule has 0 aliphatic heterocycles. The monoisotopic (exact) mass is 540 g/mol. The fraction of sp³-hybridized carbons (Fsp3) is 0.273. The van der Waals surface area contributed by atoms with Gasteiger partial charge in [0, 0.05) is 28.4 Å². The summed E-state index contributed by atoms with van der Waals surface area (Å²) in [6.07, 6.45) is 9.52. The molecule has 1 aliphatic carbocycles. The Bertz CT molecular complexity index is 1480. The Morgan fingerprint density at radius 1 is 1.03 bits per heavy atom. The van der Waals surface area contributed by atoms with E-state index in [4.69, 9.17) is 21.3 Å². The molecule has 200 valence electrons. The first-order valence-corrected chi connectivity index (χ1v) is 13.8. The van der Waals surface area contributed by atoms with E-state index in [0.29, 0.717) is 23.4 Å². The lowest BCUT2D eigenvalue weighted by atomic mass is 9.95. The number of aromatic nitrogens is 2. The van der Waals surface area contributed by atoms with Crippen molar-refractivity contribution in [2.45, 2.75) is 58.6 Å². The van der Waals surface area contributed by atoms with Crippen LogP contribution in [-0.2, 0) is 11.4 Å². The van der Waals surface area contributed by atoms with E-state index in [1.54, 1.807) is 13.0 Å². The second-order valence-corrected chi connectivity index (χ2v) is 10.7. The van der Waals surface area contributed by atoms with Gasteiger partial charge in [0.05, 0.1) is 5.69 Å². The minimum atomic E-state index is -0.932. The van der Waals surface area contributed by atoms with Crippen molar-refractivity contribution in [1.29, 1.82) is 0 Å². The number of hydrogen-bond acceptors (Lipinski definition) is 3. The van der Waals surface area contributed by atoms with Gasteiger partial charge in [-0.3, -0.25) is 0 Å². The van der Waals surface area contributed by atoms with Crippen LogP contribution in [0, 0.1) is 6.92 Å². The maximum atomic E-state index is 11.4. The van der Waals surface area contributed by atoms with Crippen molar-refractivity contribution >= 4 is 23.6 Å². The molecule has 1 N–H and O–H groups in total. The van der Waals surface area contributed by atoms with Gasteiger partial charge in [-0.15, -0.1) is 0 Å². The van der Waals surface area contributed by atoms with Crippen LogP contribution in [0.1, 0.15) is 61.9 Å². The topological polar surface area (TPSA) is 64.4 Å². The largest absolute Gasteiger partial charge is 0.489 e. The van der Waals surface area contributed by atoms with Crippen LogP contribution in [0.2, 0.25) is 5.02 Å². The molecule has 6 heteroatoms. The zero-order valence-corrected chi connectivity index (χ0v) is 23.1. The minimum absolute atomic E-state index is 0.271. The SMILES string of the molecule is C/C(=C\c1cn(C2CCCCC2)c(-c2ccc(OCc3cc(C)ccc3-c3ccc(Cl)cc3)cc2)n1)C(=O)O. The predicted molar refractivity (Wildman–Crippen MR) is 157 cm³/mol. The highest BCUT2D eigenvalue weighted by molar-refractivity contribution is 6.30. The number of benzene rings is 3. The molecule has 1 aliphatic rings. The molecule has 0 atom stereocenters. The van der Waals surface area contributed by atoms with Crippen molar-refractivity contribution < 1.29 is 14.6 Å². The fourth-order valence-electron chi connectivity index (χ4n) is 5.23. The lowest BCUT2D eigenvalue weighted by Gasteiger charge is -2.24. The Morgan fingerprint density at radius 2 is 1.72 bits per heavy atom. The molecular formula is C33H33ClN2O3. The van der Waals surface area contributed by atoms with Gasteiger partial charge in [0.15, 0.2) is 0 Å². The summed E-state index contributed by atoms with van der Waals surface area (Å²) in [4.78, 5) is 16.2. The van der Waals surface area contributed by atoms with Crippen LogP contribution in [0.15, 0.2) is 78.5 Å². The smallest absolute Gasteiger partial charge is 0.331 e. The van der Waals surface area contributed by atoms with Gasteiger partial charge in [-0.2, -0.15) is 0 Å². The average molecular weight is 541 g/mol. The van der Waals surface area contributed by atoms with Gasteiger partial charge in [0.1, 0.15) is 18.2 Å². The Labute approximate surface area is 234 Å². The number of imidazole rings is 1. The third-order valence-electron chi connectivity index (χ3n) is 7.34. The number of rotatable bonds is 8. The summed E-state index contributed by atoms with van der Waals surface area (Å²) in [5.74, 6) is 0.708. The van der Waals surface area contributed by atoms with Gasteiger partial charge in [-0.05, 0) is 85.9 Å². The van der Waals surface area contributed by atoms with Gasteiger partial charge < -0.3 is 14.4 Å². The number of ether oxygens (including phenoxy) is 1. The molecule has 3 aromatic carbocycles. The number of aliphatic carboxylic acids is 1. The van der Waals surface area contributed by atoms with E-state index >= 15 is 0 Å². The third-order valence-corrected chi connectivity index (χ3v) is 7.60. The molecule has 4 aromatic rings. The van der Waals surface area contributed by atoms with Crippen molar-refractivity contribution in [2.75, 3.05) is 0 Å². The highest BCUT2D eigenvalue weighted by Crippen LogP contribution is 2.34. The zero-order chi connectivity index (χ0) is 27.4. The van der Waals surface area contributed by atoms with Crippen molar-refractivity contribution in [3.8, 4) is 28.3 Å². The number of carboxylic acid groups (broad SMARTS) is 1. The highest BCUT2D eigenvalue weighted by Gasteiger charge is 2.20. The van der Waals surface area contributed by atoms with E-state index in [1.807, 2.05) is 54.7 Å². The van der Waals surface area contributed by atoms with Gasteiger partial charge in [0.2, 0.25) is 0 Å². The van der Waals surface area contributed by atoms with Crippen LogP contribution in [-0.4, -0.2) is 20.6 Å². The third kappa shape index (κ3) is 6.43. The minimum Gasteiger partial charge on any atom is -0.489 e. The average Bonchev–Trinajstić information content (AvgIpc) is 3.37. The van der Waals surface area contributed by atoms with E-state index in [9.17, 15) is 9.90 Å². The highest BCUT2D eigenvalue weighted by atomic mass is 35.5. The second-order valence-electron chi connectivity index (χ2n) is 10.3. The van der Waals surface area contributed by atoms with Crippen molar-refractivity contribution in [2.24, 2.45) is 0 Å². The predicted octanol–water partition coefficient (Wildman–Crippen LogP) is 8.75. The summed E-state index contributed by atoms with van der Waals surface area (Å²) >= 11 is 6.10. The molecule has 0 bridgehead atoms. The van der Waals surface area contributed by atoms with Crippen molar-refractivity contribution in [3.05, 3.63) is 100 Å². The van der Waals surface area contributed by atoms with E-state index in [-0.39, 0.29) is 5.57 Å². The molecule has 5 nitrogen and oxygen atoms in total. The molecule has 1 saturated carbocycles. The first kappa shape index (κ1) is 26.8. The Hall–Kier alpha value is -3.83. The molecule has 0 unspecified atom stereocenters. The number of carbonyl (C=O) groups is 1. The zero-order valence-electron chi connectivity index (χ0n) is 22.4. The fourth-order valence-corrected chi connectivity index (χ4v) is 5.36. The number of hydrogen-bond donors (Lipinski definition) is 1. The Kier molecular flexibility index (Phi) is 8.18. The molecule has 0 spiro atoms. The maximum Gasteiger partial charge on any atom is 0.331 e. The van der Waals surface area contributed by atoms with E-state index in [0.717, 1.165) is 46.7 Å². The maximum absolute atomic E-state index is 11.4. The molecule has 0 radical (unpaired) electrons. The van der Waals surface area contributed by atoms with Gasteiger partial charge >= 0.3 is 5.97 Å². The number of halogens is 1. The summed E-state index contributed by atoms with van der Waals surface area (Å²) in [6, 6.07) is 22.7. The molecule has 5 rings (SSSR count). The van der Waals surface area contributed by atoms with Gasteiger partial charge in [0.25, 0.3) is 0 Å². The van der Waals surface area contributed by atoms with E-state index in [2.05, 4.69) is 29.7 Å². The summed E-state index contributed by atoms with van der Waals surface area (Å²) in [5.41, 5.74) is 6.45. The quantitative estimate of drug-likeness (QED) is 0.227. The van der Waals surface area contributed by atoms with Crippen molar-refractivity contribution in [1.82, 2.24) is 9.55 Å². The summed E-state index contributed by atoms with van der Waals surface area (Å²) in [7, 11) is 0. The summed E-state index contributed by atoms with van der Waals surface area (Å²) < 4.78 is 8.46. The van der Waals surface area contributed by atoms with Crippen molar-refractivity contribution in [3.63, 3.8) is 0 Å². The number of nitrogens with zero attached hydrogens (tertiary/aromatic N) is 2. The molecule has 1 heterocycles. The molecular weight excluding hydrogens is 508 g/mol. The Morgan fingerprint density at radius 3 is 2.41 bits per heavy atom. The van der Waals surface area contributed by atoms with E-state index in [1.165, 1.54) is 24.8 Å². The summed E-state index contributed by atoms with van der Waals surface area (Å²) in [6.45, 7) is 4.12. The lowest BCUT2D eigenvalue weighted by molar-refractivity contribution is -0.132. The molecule has 0 saturated heterocycles. The van der Waals surface area contributed by atoms with Crippen LogP contribution < -0.4 is 4.74 Å². The normalized spacial score (nSPS) is 14.4. The first-order chi connectivity index (χ1) is 18.9. The van der Waals surface area contributed by atoms with Crippen LogP contribution in [0.25, 0.3) is 28.6 Å². The molecule has 1 fully saturated rings. The first-order valence-electron chi connectivity index (χ1n) is 13.5. The number of aryl methyl sites for hydroxylation is 1. The van der Waals surface area contributed by atoms with Gasteiger partial charge in [-0.1, -0.05) is 66.8 Å². The second kappa shape index (κ2) is 11.9. The van der Waals surface area contributed by atoms with Crippen LogP contribution in [0.5, 0.6) is 5.75 Å². The molecule has 39 heavy (non-hydrogen) atoms.